The van der Waals surface area contributed by atoms with Crippen LogP contribution in [0.4, 0.5) is 35.1 Å². The summed E-state index contributed by atoms with van der Waals surface area (Å²) in [6, 6.07) is 0.847. The largest absolute Gasteiger partial charge is 0.417 e. The van der Waals surface area contributed by atoms with Crippen LogP contribution in [-0.2, 0) is 22.7 Å². The van der Waals surface area contributed by atoms with Gasteiger partial charge < -0.3 is 4.57 Å². The van der Waals surface area contributed by atoms with Gasteiger partial charge in [-0.2, -0.15) is 31.1 Å². The Morgan fingerprint density at radius 3 is 2.16 bits per heavy atom. The summed E-state index contributed by atoms with van der Waals surface area (Å²) in [4.78, 5) is 0. The van der Waals surface area contributed by atoms with Crippen LogP contribution in [0.1, 0.15) is 50.8 Å². The van der Waals surface area contributed by atoms with Crippen LogP contribution in [0.3, 0.4) is 0 Å². The summed E-state index contributed by atoms with van der Waals surface area (Å²) in [6.07, 6.45) is -8.74. The van der Waals surface area contributed by atoms with Crippen LogP contribution in [-0.4, -0.2) is 24.4 Å². The Morgan fingerprint density at radius 2 is 1.63 bits per heavy atom. The van der Waals surface area contributed by atoms with Gasteiger partial charge >= 0.3 is 12.4 Å². The molecule has 4 rings (SSSR count). The van der Waals surface area contributed by atoms with Crippen molar-refractivity contribution in [2.45, 2.75) is 63.8 Å². The van der Waals surface area contributed by atoms with Gasteiger partial charge in [0.15, 0.2) is 0 Å². The van der Waals surface area contributed by atoms with Crippen LogP contribution < -0.4 is 4.72 Å². The number of rotatable bonds is 6. The molecule has 1 N–H and O–H groups in total. The highest BCUT2D eigenvalue weighted by atomic mass is 32.2. The van der Waals surface area contributed by atoms with Crippen molar-refractivity contribution in [1.29, 1.82) is 0 Å². The van der Waals surface area contributed by atoms with Gasteiger partial charge in [-0.1, -0.05) is 26.8 Å². The van der Waals surface area contributed by atoms with Gasteiger partial charge in [-0.3, -0.25) is 0 Å². The lowest BCUT2D eigenvalue weighted by Crippen LogP contribution is -2.39. The first-order valence-electron chi connectivity index (χ1n) is 11.6. The minimum Gasteiger partial charge on any atom is -0.347 e. The van der Waals surface area contributed by atoms with E-state index >= 15 is 4.39 Å². The molecule has 2 aromatic carbocycles. The predicted molar refractivity (Wildman–Crippen MR) is 126 cm³/mol. The van der Waals surface area contributed by atoms with E-state index in [1.54, 1.807) is 25.5 Å². The number of hydrogen-bond donors (Lipinski definition) is 1. The van der Waals surface area contributed by atoms with Crippen molar-refractivity contribution in [3.8, 4) is 11.1 Å². The molecule has 38 heavy (non-hydrogen) atoms. The standard InChI is InChI=1S/C25H24F8N2O2S/c1-23(2,3)12-35-11-16(22(25(31,32)33)34-38(36,37)13-7-8-13)14-9-19(27)15(10-20(14)35)21-17(24(28,29)30)5-4-6-18(21)26/h4-6,9-11,13,22,34H,7-8,12H2,1-3H3/t22-/m0/s1. The van der Waals surface area contributed by atoms with Gasteiger partial charge in [0.2, 0.25) is 10.0 Å². The molecule has 0 saturated heterocycles. The van der Waals surface area contributed by atoms with Gasteiger partial charge in [0, 0.05) is 40.3 Å². The first-order valence-corrected chi connectivity index (χ1v) is 13.1. The number of aromatic nitrogens is 1. The Bertz CT molecular complexity index is 1480. The molecule has 1 fully saturated rings. The van der Waals surface area contributed by atoms with Crippen LogP contribution in [0.2, 0.25) is 0 Å². The fraction of sp³-hybridized carbons (Fsp3) is 0.440. The molecule has 1 aliphatic carbocycles. The van der Waals surface area contributed by atoms with Gasteiger partial charge in [0.25, 0.3) is 0 Å². The molecular weight excluding hydrogens is 544 g/mol. The number of nitrogens with one attached hydrogen (secondary N) is 1. The van der Waals surface area contributed by atoms with E-state index < -0.39 is 73.0 Å². The summed E-state index contributed by atoms with van der Waals surface area (Å²) in [5.74, 6) is -2.76. The Hall–Kier alpha value is -2.67. The lowest BCUT2D eigenvalue weighted by molar-refractivity contribution is -0.152. The van der Waals surface area contributed by atoms with E-state index in [0.29, 0.717) is 12.1 Å². The topological polar surface area (TPSA) is 51.1 Å². The van der Waals surface area contributed by atoms with E-state index in [1.807, 2.05) is 0 Å². The number of alkyl halides is 6. The number of fused-ring (bicyclic) bond motifs is 1. The minimum atomic E-state index is -5.12. The molecule has 1 atom stereocenters. The normalized spacial score (nSPS) is 16.3. The average molecular weight is 569 g/mol. The van der Waals surface area contributed by atoms with Crippen molar-refractivity contribution in [1.82, 2.24) is 9.29 Å². The molecule has 0 bridgehead atoms. The summed E-state index contributed by atoms with van der Waals surface area (Å²) in [5.41, 5.74) is -4.60. The van der Waals surface area contributed by atoms with E-state index in [2.05, 4.69) is 0 Å². The Balaban J connectivity index is 2.00. The van der Waals surface area contributed by atoms with Gasteiger partial charge in [0.05, 0.1) is 10.8 Å². The van der Waals surface area contributed by atoms with Gasteiger partial charge in [-0.15, -0.1) is 0 Å². The molecule has 0 aliphatic heterocycles. The molecular formula is C25H24F8N2O2S. The molecule has 1 heterocycles. The molecule has 1 aliphatic rings. The van der Waals surface area contributed by atoms with E-state index in [0.717, 1.165) is 24.4 Å². The summed E-state index contributed by atoms with van der Waals surface area (Å²) < 4.78 is 141. The Labute approximate surface area is 213 Å². The molecule has 1 saturated carbocycles. The maximum Gasteiger partial charge on any atom is 0.417 e. The lowest BCUT2D eigenvalue weighted by Gasteiger charge is -2.22. The van der Waals surface area contributed by atoms with Gasteiger partial charge in [-0.05, 0) is 42.5 Å². The van der Waals surface area contributed by atoms with Crippen molar-refractivity contribution >= 4 is 20.9 Å². The third kappa shape index (κ3) is 5.68. The SMILES string of the molecule is CC(C)(C)Cn1cc([C@H](NS(=O)(=O)C2CC2)C(F)(F)F)c2cc(F)c(-c3c(F)cccc3C(F)(F)F)cc21. The quantitative estimate of drug-likeness (QED) is 0.317. The lowest BCUT2D eigenvalue weighted by atomic mass is 9.95. The first-order chi connectivity index (χ1) is 17.3. The van der Waals surface area contributed by atoms with Crippen molar-refractivity contribution in [2.24, 2.45) is 5.41 Å². The molecule has 3 aromatic rings. The molecule has 0 spiro atoms. The zero-order chi connectivity index (χ0) is 28.4. The van der Waals surface area contributed by atoms with Crippen LogP contribution in [0.5, 0.6) is 0 Å². The summed E-state index contributed by atoms with van der Waals surface area (Å²) >= 11 is 0. The molecule has 208 valence electrons. The number of sulfonamides is 1. The van der Waals surface area contributed by atoms with Gasteiger partial charge in [0.1, 0.15) is 17.7 Å². The maximum atomic E-state index is 15.4. The second kappa shape index (κ2) is 9.22. The zero-order valence-corrected chi connectivity index (χ0v) is 21.3. The highest BCUT2D eigenvalue weighted by molar-refractivity contribution is 7.90. The fourth-order valence-corrected chi connectivity index (χ4v) is 5.92. The molecule has 1 aromatic heterocycles. The Morgan fingerprint density at radius 1 is 1.00 bits per heavy atom. The Kier molecular flexibility index (Phi) is 6.87. The van der Waals surface area contributed by atoms with Crippen molar-refractivity contribution in [3.05, 3.63) is 59.3 Å². The van der Waals surface area contributed by atoms with Crippen LogP contribution >= 0.6 is 0 Å². The highest BCUT2D eigenvalue weighted by Crippen LogP contribution is 2.44. The molecule has 4 nitrogen and oxygen atoms in total. The predicted octanol–water partition coefficient (Wildman–Crippen LogP) is 7.34. The molecule has 0 unspecified atom stereocenters. The van der Waals surface area contributed by atoms with E-state index in [1.165, 1.54) is 4.57 Å². The van der Waals surface area contributed by atoms with E-state index in [9.17, 15) is 39.2 Å². The van der Waals surface area contributed by atoms with E-state index in [4.69, 9.17) is 0 Å². The van der Waals surface area contributed by atoms with Crippen molar-refractivity contribution < 1.29 is 43.5 Å². The summed E-state index contributed by atoms with van der Waals surface area (Å²) in [6.45, 7) is 5.29. The zero-order valence-electron chi connectivity index (χ0n) is 20.4. The van der Waals surface area contributed by atoms with Crippen LogP contribution in [0, 0.1) is 17.0 Å². The second-order valence-corrected chi connectivity index (χ2v) is 12.6. The van der Waals surface area contributed by atoms with Gasteiger partial charge in [-0.25, -0.2) is 17.2 Å². The molecule has 0 radical (unpaired) electrons. The van der Waals surface area contributed by atoms with Crippen molar-refractivity contribution in [2.75, 3.05) is 0 Å². The number of nitrogens with zero attached hydrogens (tertiary/aromatic N) is 1. The van der Waals surface area contributed by atoms with Crippen LogP contribution in [0.25, 0.3) is 22.0 Å². The first kappa shape index (κ1) is 28.3. The van der Waals surface area contributed by atoms with Crippen LogP contribution in [0.15, 0.2) is 36.5 Å². The second-order valence-electron chi connectivity index (χ2n) is 10.6. The molecule has 0 amide bonds. The minimum absolute atomic E-state index is 0.0396. The number of hydrogen-bond acceptors (Lipinski definition) is 2. The number of halogens is 8. The molecule has 13 heteroatoms. The third-order valence-electron chi connectivity index (χ3n) is 6.12. The average Bonchev–Trinajstić information content (AvgIpc) is 3.55. The number of benzene rings is 2. The third-order valence-corrected chi connectivity index (χ3v) is 8.03. The van der Waals surface area contributed by atoms with E-state index in [-0.39, 0.29) is 30.3 Å². The summed E-state index contributed by atoms with van der Waals surface area (Å²) in [5, 5.41) is -1.33. The highest BCUT2D eigenvalue weighted by Gasteiger charge is 2.48. The smallest absolute Gasteiger partial charge is 0.347 e. The monoisotopic (exact) mass is 568 g/mol. The summed E-state index contributed by atoms with van der Waals surface area (Å²) in [7, 11) is -4.35. The maximum absolute atomic E-state index is 15.4. The fourth-order valence-electron chi connectivity index (χ4n) is 4.38. The van der Waals surface area contributed by atoms with Crippen molar-refractivity contribution in [3.63, 3.8) is 0 Å².